The number of carbonyl (C=O) groups excluding carboxylic acids is 2. The standard InChI is InChI=1S/C35H34Cl2F3N3O4S/c1-23(2)41-34(45)32(19-25-8-5-4-6-9-25)42(21-26-14-17-30(36)31(37)18-26)33(44)22-43(28-11-7-10-27(20-28)35(38,39)40)48(46,47)29-15-12-24(3)13-16-29/h4-18,20,23,32H,19,21-22H2,1-3H3,(H,41,45). The van der Waals surface area contributed by atoms with Crippen molar-refractivity contribution in [2.75, 3.05) is 10.8 Å². The van der Waals surface area contributed by atoms with Crippen LogP contribution < -0.4 is 9.62 Å². The minimum absolute atomic E-state index is 0.0563. The second kappa shape index (κ2) is 15.4. The molecule has 0 bridgehead atoms. The molecule has 0 aliphatic carbocycles. The summed E-state index contributed by atoms with van der Waals surface area (Å²) in [5.74, 6) is -1.34. The van der Waals surface area contributed by atoms with Gasteiger partial charge in [-0.3, -0.25) is 13.9 Å². The molecule has 0 radical (unpaired) electrons. The fourth-order valence-electron chi connectivity index (χ4n) is 4.97. The van der Waals surface area contributed by atoms with Crippen LogP contribution in [-0.2, 0) is 38.8 Å². The first-order chi connectivity index (χ1) is 22.6. The Morgan fingerprint density at radius 3 is 2.10 bits per heavy atom. The van der Waals surface area contributed by atoms with E-state index >= 15 is 0 Å². The Morgan fingerprint density at radius 2 is 1.50 bits per heavy atom. The van der Waals surface area contributed by atoms with Crippen LogP contribution in [0.4, 0.5) is 18.9 Å². The number of halogens is 5. The summed E-state index contributed by atoms with van der Waals surface area (Å²) in [6.45, 7) is 4.15. The van der Waals surface area contributed by atoms with Crippen molar-refractivity contribution < 1.29 is 31.2 Å². The molecule has 1 N–H and O–H groups in total. The van der Waals surface area contributed by atoms with Crippen molar-refractivity contribution in [3.05, 3.63) is 129 Å². The summed E-state index contributed by atoms with van der Waals surface area (Å²) < 4.78 is 70.2. The van der Waals surface area contributed by atoms with Crippen LogP contribution in [-0.4, -0.2) is 43.8 Å². The van der Waals surface area contributed by atoms with Crippen LogP contribution in [0.5, 0.6) is 0 Å². The Morgan fingerprint density at radius 1 is 0.833 bits per heavy atom. The fraction of sp³-hybridized carbons (Fsp3) is 0.257. The summed E-state index contributed by atoms with van der Waals surface area (Å²) in [5, 5.41) is 3.29. The summed E-state index contributed by atoms with van der Waals surface area (Å²) in [6, 6.07) is 21.6. The zero-order valence-electron chi connectivity index (χ0n) is 26.3. The van der Waals surface area contributed by atoms with Crippen molar-refractivity contribution >= 4 is 50.7 Å². The molecular formula is C35H34Cl2F3N3O4S. The number of carbonyl (C=O) groups is 2. The lowest BCUT2D eigenvalue weighted by atomic mass is 10.0. The molecule has 0 heterocycles. The normalized spacial score (nSPS) is 12.4. The lowest BCUT2D eigenvalue weighted by Gasteiger charge is -2.34. The summed E-state index contributed by atoms with van der Waals surface area (Å²) >= 11 is 12.4. The fourth-order valence-corrected chi connectivity index (χ4v) is 6.70. The van der Waals surface area contributed by atoms with E-state index in [0.717, 1.165) is 23.3 Å². The molecular weight excluding hydrogens is 686 g/mol. The van der Waals surface area contributed by atoms with E-state index in [0.29, 0.717) is 15.9 Å². The third-order valence-electron chi connectivity index (χ3n) is 7.39. The molecule has 0 aromatic heterocycles. The number of alkyl halides is 3. The first kappa shape index (κ1) is 36.8. The van der Waals surface area contributed by atoms with Crippen LogP contribution in [0.25, 0.3) is 0 Å². The zero-order valence-corrected chi connectivity index (χ0v) is 28.7. The smallest absolute Gasteiger partial charge is 0.352 e. The van der Waals surface area contributed by atoms with Gasteiger partial charge in [0.05, 0.1) is 26.2 Å². The van der Waals surface area contributed by atoms with Gasteiger partial charge in [-0.05, 0) is 74.4 Å². The first-order valence-electron chi connectivity index (χ1n) is 14.9. The monoisotopic (exact) mass is 719 g/mol. The Kier molecular flexibility index (Phi) is 11.8. The van der Waals surface area contributed by atoms with E-state index in [-0.39, 0.29) is 39.6 Å². The number of nitrogens with zero attached hydrogens (tertiary/aromatic N) is 2. The quantitative estimate of drug-likeness (QED) is 0.163. The van der Waals surface area contributed by atoms with Crippen molar-refractivity contribution in [1.29, 1.82) is 0 Å². The van der Waals surface area contributed by atoms with E-state index in [9.17, 15) is 31.2 Å². The van der Waals surface area contributed by atoms with E-state index < -0.39 is 46.2 Å². The Bertz CT molecular complexity index is 1860. The second-order valence-corrected chi connectivity index (χ2v) is 14.2. The van der Waals surface area contributed by atoms with Gasteiger partial charge in [0.25, 0.3) is 10.0 Å². The minimum atomic E-state index is -4.78. The highest BCUT2D eigenvalue weighted by atomic mass is 35.5. The molecule has 0 saturated heterocycles. The van der Waals surface area contributed by atoms with Gasteiger partial charge in [-0.1, -0.05) is 83.4 Å². The average Bonchev–Trinajstić information content (AvgIpc) is 3.03. The second-order valence-electron chi connectivity index (χ2n) is 11.5. The third kappa shape index (κ3) is 9.30. The van der Waals surface area contributed by atoms with Crippen molar-refractivity contribution in [2.24, 2.45) is 0 Å². The van der Waals surface area contributed by atoms with Crippen LogP contribution in [0.3, 0.4) is 0 Å². The number of sulfonamides is 1. The molecule has 0 fully saturated rings. The number of aryl methyl sites for hydroxylation is 1. The number of hydrogen-bond donors (Lipinski definition) is 1. The van der Waals surface area contributed by atoms with Crippen molar-refractivity contribution in [3.8, 4) is 0 Å². The average molecular weight is 721 g/mol. The highest BCUT2D eigenvalue weighted by Gasteiger charge is 2.36. The molecule has 4 rings (SSSR count). The topological polar surface area (TPSA) is 86.8 Å². The van der Waals surface area contributed by atoms with Crippen LogP contribution in [0.2, 0.25) is 10.0 Å². The molecule has 4 aromatic carbocycles. The van der Waals surface area contributed by atoms with Crippen molar-refractivity contribution in [2.45, 2.75) is 56.9 Å². The van der Waals surface area contributed by atoms with E-state index in [1.807, 2.05) is 0 Å². The van der Waals surface area contributed by atoms with Crippen molar-refractivity contribution in [1.82, 2.24) is 10.2 Å². The van der Waals surface area contributed by atoms with Gasteiger partial charge in [-0.25, -0.2) is 8.42 Å². The predicted molar refractivity (Wildman–Crippen MR) is 181 cm³/mol. The molecule has 0 aliphatic rings. The van der Waals surface area contributed by atoms with Gasteiger partial charge in [0, 0.05) is 19.0 Å². The largest absolute Gasteiger partial charge is 0.416 e. The summed E-state index contributed by atoms with van der Waals surface area (Å²) in [7, 11) is -4.59. The predicted octanol–water partition coefficient (Wildman–Crippen LogP) is 7.68. The molecule has 13 heteroatoms. The highest BCUT2D eigenvalue weighted by molar-refractivity contribution is 7.92. The van der Waals surface area contributed by atoms with Gasteiger partial charge < -0.3 is 10.2 Å². The molecule has 1 unspecified atom stereocenters. The van der Waals surface area contributed by atoms with Crippen LogP contribution >= 0.6 is 23.2 Å². The number of nitrogens with one attached hydrogen (secondary N) is 1. The molecule has 7 nitrogen and oxygen atoms in total. The van der Waals surface area contributed by atoms with E-state index in [1.54, 1.807) is 69.3 Å². The molecule has 254 valence electrons. The van der Waals surface area contributed by atoms with Gasteiger partial charge >= 0.3 is 6.18 Å². The molecule has 2 amide bonds. The Balaban J connectivity index is 1.86. The lowest BCUT2D eigenvalue weighted by molar-refractivity contribution is -0.140. The molecule has 0 spiro atoms. The molecule has 0 saturated carbocycles. The van der Waals surface area contributed by atoms with Gasteiger partial charge in [-0.2, -0.15) is 13.2 Å². The van der Waals surface area contributed by atoms with E-state index in [2.05, 4.69) is 5.32 Å². The Labute approximate surface area is 288 Å². The molecule has 48 heavy (non-hydrogen) atoms. The van der Waals surface area contributed by atoms with Gasteiger partial charge in [-0.15, -0.1) is 0 Å². The number of hydrogen-bond acceptors (Lipinski definition) is 4. The van der Waals surface area contributed by atoms with Crippen molar-refractivity contribution in [3.63, 3.8) is 0 Å². The van der Waals surface area contributed by atoms with E-state index in [1.165, 1.54) is 35.2 Å². The van der Waals surface area contributed by atoms with Crippen LogP contribution in [0.15, 0.2) is 102 Å². The Hall–Kier alpha value is -4.06. The van der Waals surface area contributed by atoms with Crippen LogP contribution in [0, 0.1) is 6.92 Å². The number of benzene rings is 4. The molecule has 0 aliphatic heterocycles. The van der Waals surface area contributed by atoms with Gasteiger partial charge in [0.15, 0.2) is 0 Å². The number of amides is 2. The maximum atomic E-state index is 14.5. The number of rotatable bonds is 12. The maximum absolute atomic E-state index is 14.5. The highest BCUT2D eigenvalue weighted by Crippen LogP contribution is 2.34. The maximum Gasteiger partial charge on any atom is 0.416 e. The lowest BCUT2D eigenvalue weighted by Crippen LogP contribution is -2.54. The third-order valence-corrected chi connectivity index (χ3v) is 9.92. The summed E-state index contributed by atoms with van der Waals surface area (Å²) in [6.07, 6.45) is -4.73. The van der Waals surface area contributed by atoms with Crippen LogP contribution in [0.1, 0.15) is 36.1 Å². The minimum Gasteiger partial charge on any atom is -0.352 e. The van der Waals surface area contributed by atoms with Gasteiger partial charge in [0.1, 0.15) is 12.6 Å². The number of anilines is 1. The summed E-state index contributed by atoms with van der Waals surface area (Å²) in [4.78, 5) is 29.2. The summed E-state index contributed by atoms with van der Waals surface area (Å²) in [5.41, 5.74) is 0.487. The molecule has 4 aromatic rings. The first-order valence-corrected chi connectivity index (χ1v) is 17.1. The van der Waals surface area contributed by atoms with E-state index in [4.69, 9.17) is 23.2 Å². The molecule has 1 atom stereocenters. The van der Waals surface area contributed by atoms with Gasteiger partial charge in [0.2, 0.25) is 11.8 Å². The zero-order chi connectivity index (χ0) is 35.2. The SMILES string of the molecule is Cc1ccc(S(=O)(=O)N(CC(=O)N(Cc2ccc(Cl)c(Cl)c2)C(Cc2ccccc2)C(=O)NC(C)C)c2cccc(C(F)(F)F)c2)cc1.